The maximum absolute atomic E-state index is 9.21. The van der Waals surface area contributed by atoms with Crippen LogP contribution in [0.4, 0.5) is 5.82 Å². The van der Waals surface area contributed by atoms with Crippen molar-refractivity contribution in [1.82, 2.24) is 9.97 Å². The number of nitriles is 1. The van der Waals surface area contributed by atoms with Crippen LogP contribution in [0.5, 0.6) is 0 Å². The molecule has 4 heteroatoms. The first-order valence-corrected chi connectivity index (χ1v) is 7.24. The van der Waals surface area contributed by atoms with Crippen molar-refractivity contribution >= 4 is 5.82 Å². The van der Waals surface area contributed by atoms with E-state index in [-0.39, 0.29) is 0 Å². The van der Waals surface area contributed by atoms with Gasteiger partial charge in [-0.15, -0.1) is 0 Å². The summed E-state index contributed by atoms with van der Waals surface area (Å²) < 4.78 is 0. The topological polar surface area (TPSA) is 52.8 Å². The average Bonchev–Trinajstić information content (AvgIpc) is 2.89. The van der Waals surface area contributed by atoms with Gasteiger partial charge in [-0.1, -0.05) is 24.3 Å². The lowest BCUT2D eigenvalue weighted by Crippen LogP contribution is -2.28. The Morgan fingerprint density at radius 1 is 1.24 bits per heavy atom. The third-order valence-corrected chi connectivity index (χ3v) is 4.26. The lowest BCUT2D eigenvalue weighted by atomic mass is 9.93. The highest BCUT2D eigenvalue weighted by atomic mass is 15.2. The van der Waals surface area contributed by atoms with Crippen molar-refractivity contribution in [2.75, 3.05) is 11.4 Å². The van der Waals surface area contributed by atoms with E-state index in [1.165, 1.54) is 11.1 Å². The Bertz CT molecular complexity index is 689. The molecule has 3 rings (SSSR count). The lowest BCUT2D eigenvalue weighted by molar-refractivity contribution is 0.693. The molecule has 21 heavy (non-hydrogen) atoms. The lowest BCUT2D eigenvalue weighted by Gasteiger charge is -2.22. The summed E-state index contributed by atoms with van der Waals surface area (Å²) in [6.45, 7) is 5.24. The Labute approximate surface area is 125 Å². The molecule has 106 valence electrons. The van der Waals surface area contributed by atoms with Gasteiger partial charge in [0, 0.05) is 30.9 Å². The van der Waals surface area contributed by atoms with Crippen LogP contribution in [0.1, 0.15) is 36.1 Å². The van der Waals surface area contributed by atoms with Gasteiger partial charge in [0.25, 0.3) is 0 Å². The van der Waals surface area contributed by atoms with Gasteiger partial charge in [-0.2, -0.15) is 5.26 Å². The molecule has 4 nitrogen and oxygen atoms in total. The second-order valence-electron chi connectivity index (χ2n) is 5.63. The molecule has 0 spiro atoms. The van der Waals surface area contributed by atoms with Crippen LogP contribution in [-0.4, -0.2) is 22.6 Å². The zero-order chi connectivity index (χ0) is 14.8. The van der Waals surface area contributed by atoms with E-state index >= 15 is 0 Å². The minimum Gasteiger partial charge on any atom is -0.351 e. The van der Waals surface area contributed by atoms with E-state index in [0.29, 0.717) is 23.5 Å². The van der Waals surface area contributed by atoms with Gasteiger partial charge in [0.1, 0.15) is 6.07 Å². The number of anilines is 1. The van der Waals surface area contributed by atoms with Gasteiger partial charge in [0.2, 0.25) is 0 Å². The number of benzene rings is 1. The van der Waals surface area contributed by atoms with Gasteiger partial charge < -0.3 is 4.90 Å². The monoisotopic (exact) mass is 278 g/mol. The molecule has 1 aliphatic rings. The van der Waals surface area contributed by atoms with Crippen molar-refractivity contribution in [3.8, 4) is 6.07 Å². The predicted octanol–water partition coefficient (Wildman–Crippen LogP) is 3.04. The molecule has 0 unspecified atom stereocenters. The van der Waals surface area contributed by atoms with Crippen LogP contribution in [-0.2, 0) is 0 Å². The Balaban J connectivity index is 1.91. The van der Waals surface area contributed by atoms with Crippen molar-refractivity contribution in [1.29, 1.82) is 5.26 Å². The highest BCUT2D eigenvalue weighted by molar-refractivity contribution is 5.52. The highest BCUT2D eigenvalue weighted by Crippen LogP contribution is 2.35. The van der Waals surface area contributed by atoms with Crippen LogP contribution in [0.25, 0.3) is 0 Å². The predicted molar refractivity (Wildman–Crippen MR) is 82.1 cm³/mol. The van der Waals surface area contributed by atoms with Gasteiger partial charge in [-0.25, -0.2) is 9.97 Å². The Kier molecular flexibility index (Phi) is 3.57. The van der Waals surface area contributed by atoms with E-state index in [4.69, 9.17) is 0 Å². The van der Waals surface area contributed by atoms with E-state index in [0.717, 1.165) is 13.0 Å². The SMILES string of the molecule is Cc1ccccc1[C@H]1C[C@H](C)N(c2nccnc2C#N)C1. The van der Waals surface area contributed by atoms with E-state index in [1.807, 2.05) is 0 Å². The van der Waals surface area contributed by atoms with Gasteiger partial charge in [-0.05, 0) is 31.4 Å². The standard InChI is InChI=1S/C17H18N4/c1-12-5-3-4-6-15(12)14-9-13(2)21(11-14)17-16(10-18)19-7-8-20-17/h3-8,13-14H,9,11H2,1-2H3/t13-,14-/m0/s1. The number of nitrogens with zero attached hydrogens (tertiary/aromatic N) is 4. The first kappa shape index (κ1) is 13.6. The van der Waals surface area contributed by atoms with Gasteiger partial charge in [0.15, 0.2) is 11.5 Å². The molecular formula is C17H18N4. The summed E-state index contributed by atoms with van der Waals surface area (Å²) in [5.41, 5.74) is 3.14. The first-order valence-electron chi connectivity index (χ1n) is 7.24. The number of hydrogen-bond acceptors (Lipinski definition) is 4. The van der Waals surface area contributed by atoms with Crippen molar-refractivity contribution < 1.29 is 0 Å². The molecule has 0 N–H and O–H groups in total. The largest absolute Gasteiger partial charge is 0.351 e. The van der Waals surface area contributed by atoms with E-state index in [1.54, 1.807) is 12.4 Å². The van der Waals surface area contributed by atoms with Crippen LogP contribution >= 0.6 is 0 Å². The minimum absolute atomic E-state index is 0.360. The minimum atomic E-state index is 0.360. The molecule has 2 atom stereocenters. The maximum atomic E-state index is 9.21. The molecular weight excluding hydrogens is 260 g/mol. The number of aryl methyl sites for hydroxylation is 1. The fourth-order valence-corrected chi connectivity index (χ4v) is 3.22. The van der Waals surface area contributed by atoms with Crippen LogP contribution in [0, 0.1) is 18.3 Å². The normalized spacial score (nSPS) is 21.3. The summed E-state index contributed by atoms with van der Waals surface area (Å²) in [7, 11) is 0. The molecule has 0 saturated carbocycles. The first-order chi connectivity index (χ1) is 10.2. The smallest absolute Gasteiger partial charge is 0.183 e. The number of hydrogen-bond donors (Lipinski definition) is 0. The Morgan fingerprint density at radius 2 is 2.00 bits per heavy atom. The summed E-state index contributed by atoms with van der Waals surface area (Å²) >= 11 is 0. The molecule has 2 heterocycles. The van der Waals surface area contributed by atoms with Crippen molar-refractivity contribution in [2.45, 2.75) is 32.2 Å². The molecule has 2 aromatic rings. The van der Waals surface area contributed by atoms with E-state index < -0.39 is 0 Å². The zero-order valence-electron chi connectivity index (χ0n) is 12.3. The Hall–Kier alpha value is -2.41. The second-order valence-corrected chi connectivity index (χ2v) is 5.63. The van der Waals surface area contributed by atoms with Crippen LogP contribution in [0.2, 0.25) is 0 Å². The molecule has 0 bridgehead atoms. The van der Waals surface area contributed by atoms with E-state index in [2.05, 4.69) is 59.1 Å². The third-order valence-electron chi connectivity index (χ3n) is 4.26. The summed E-state index contributed by atoms with van der Waals surface area (Å²) in [6.07, 6.45) is 4.30. The van der Waals surface area contributed by atoms with Gasteiger partial charge in [0.05, 0.1) is 0 Å². The number of aromatic nitrogens is 2. The quantitative estimate of drug-likeness (QED) is 0.847. The maximum Gasteiger partial charge on any atom is 0.183 e. The van der Waals surface area contributed by atoms with E-state index in [9.17, 15) is 5.26 Å². The highest BCUT2D eigenvalue weighted by Gasteiger charge is 2.32. The summed E-state index contributed by atoms with van der Waals surface area (Å²) in [6, 6.07) is 11.0. The van der Waals surface area contributed by atoms with Gasteiger partial charge >= 0.3 is 0 Å². The van der Waals surface area contributed by atoms with Crippen molar-refractivity contribution in [2.24, 2.45) is 0 Å². The fourth-order valence-electron chi connectivity index (χ4n) is 3.22. The molecule has 1 fully saturated rings. The summed E-state index contributed by atoms with van der Waals surface area (Å²) in [5.74, 6) is 1.19. The second kappa shape index (κ2) is 5.53. The molecule has 0 radical (unpaired) electrons. The Morgan fingerprint density at radius 3 is 2.76 bits per heavy atom. The average molecular weight is 278 g/mol. The van der Waals surface area contributed by atoms with Crippen molar-refractivity contribution in [3.63, 3.8) is 0 Å². The van der Waals surface area contributed by atoms with Gasteiger partial charge in [-0.3, -0.25) is 0 Å². The molecule has 1 aromatic heterocycles. The summed E-state index contributed by atoms with van der Waals surface area (Å²) in [4.78, 5) is 10.7. The molecule has 1 aromatic carbocycles. The number of rotatable bonds is 2. The molecule has 1 aliphatic heterocycles. The van der Waals surface area contributed by atoms with Crippen LogP contribution in [0.15, 0.2) is 36.7 Å². The van der Waals surface area contributed by atoms with Crippen molar-refractivity contribution in [3.05, 3.63) is 53.5 Å². The summed E-state index contributed by atoms with van der Waals surface area (Å²) in [5, 5.41) is 9.21. The van der Waals surface area contributed by atoms with Crippen LogP contribution in [0.3, 0.4) is 0 Å². The molecule has 0 amide bonds. The zero-order valence-corrected chi connectivity index (χ0v) is 12.3. The fraction of sp³-hybridized carbons (Fsp3) is 0.353. The third kappa shape index (κ3) is 2.47. The molecule has 0 aliphatic carbocycles. The molecule has 1 saturated heterocycles. The van der Waals surface area contributed by atoms with Crippen LogP contribution < -0.4 is 4.90 Å².